The Balaban J connectivity index is 2.24. The molecule has 0 unspecified atom stereocenters. The van der Waals surface area contributed by atoms with E-state index in [0.29, 0.717) is 16.9 Å². The molecule has 3 N–H and O–H groups in total. The van der Waals surface area contributed by atoms with Crippen LogP contribution in [0.15, 0.2) is 46.6 Å². The number of ether oxygens (including phenoxy) is 1. The molecule has 2 aromatic rings. The van der Waals surface area contributed by atoms with E-state index in [1.165, 1.54) is 4.57 Å². The average Bonchev–Trinajstić information content (AvgIpc) is 2.86. The average molecular weight is 334 g/mol. The van der Waals surface area contributed by atoms with Gasteiger partial charge in [-0.3, -0.25) is 9.59 Å². The number of fused-ring (bicyclic) bond motifs is 4. The van der Waals surface area contributed by atoms with Crippen LogP contribution in [-0.2, 0) is 17.3 Å². The summed E-state index contributed by atoms with van der Waals surface area (Å²) in [4.78, 5) is 26.1. The molecule has 1 amide bonds. The fourth-order valence-electron chi connectivity index (χ4n) is 3.59. The molecule has 0 saturated carbocycles. The smallest absolute Gasteiger partial charge is 0.259 e. The van der Waals surface area contributed by atoms with Gasteiger partial charge in [-0.2, -0.15) is 5.26 Å². The number of aromatic nitrogens is 1. The summed E-state index contributed by atoms with van der Waals surface area (Å²) >= 11 is 0. The fourth-order valence-corrected chi connectivity index (χ4v) is 3.59. The van der Waals surface area contributed by atoms with Gasteiger partial charge in [-0.1, -0.05) is 18.2 Å². The van der Waals surface area contributed by atoms with Gasteiger partial charge in [0.25, 0.3) is 5.56 Å². The number of amides is 1. The summed E-state index contributed by atoms with van der Waals surface area (Å²) in [5.41, 5.74) is 5.70. The van der Waals surface area contributed by atoms with Crippen LogP contribution < -0.4 is 21.3 Å². The molecule has 0 radical (unpaired) electrons. The number of anilines is 1. The Morgan fingerprint density at radius 1 is 1.32 bits per heavy atom. The van der Waals surface area contributed by atoms with Gasteiger partial charge >= 0.3 is 0 Å². The van der Waals surface area contributed by atoms with Gasteiger partial charge in [0.05, 0.1) is 5.56 Å². The van der Waals surface area contributed by atoms with Gasteiger partial charge in [0, 0.05) is 30.1 Å². The highest BCUT2D eigenvalue weighted by Crippen LogP contribution is 2.51. The van der Waals surface area contributed by atoms with Gasteiger partial charge in [-0.15, -0.1) is 0 Å². The van der Waals surface area contributed by atoms with E-state index in [1.54, 1.807) is 44.3 Å². The van der Waals surface area contributed by atoms with Gasteiger partial charge in [0.1, 0.15) is 17.4 Å². The fraction of sp³-hybridized carbons (Fsp3) is 0.167. The molecule has 1 aromatic heterocycles. The van der Waals surface area contributed by atoms with Crippen molar-refractivity contribution in [1.29, 1.82) is 5.26 Å². The standard InChI is InChI=1S/C18H14N4O3/c1-9-7-13-14(16(23)22(9)2)18(11(8-19)15(20)25-13)10-5-3-4-6-12(10)21-17(18)24/h3-7H,20H2,1-2H3,(H,21,24)/t18-/m1/s1. The van der Waals surface area contributed by atoms with Crippen LogP contribution in [0.1, 0.15) is 16.8 Å². The van der Waals surface area contributed by atoms with Crippen LogP contribution in [0.3, 0.4) is 0 Å². The molecule has 1 atom stereocenters. The number of carbonyl (C=O) groups excluding carboxylic acids is 1. The third-order valence-electron chi connectivity index (χ3n) is 4.88. The molecule has 2 aliphatic heterocycles. The molecule has 0 saturated heterocycles. The maximum absolute atomic E-state index is 13.1. The number of nitrogens with one attached hydrogen (secondary N) is 1. The largest absolute Gasteiger partial charge is 0.440 e. The van der Waals surface area contributed by atoms with Crippen LogP contribution in [0.2, 0.25) is 0 Å². The highest BCUT2D eigenvalue weighted by atomic mass is 16.5. The number of nitrogens with zero attached hydrogens (tertiary/aromatic N) is 2. The molecule has 0 bridgehead atoms. The van der Waals surface area contributed by atoms with E-state index in [9.17, 15) is 14.9 Å². The first-order valence-electron chi connectivity index (χ1n) is 7.63. The summed E-state index contributed by atoms with van der Waals surface area (Å²) in [6.07, 6.45) is 0. The number of hydrogen-bond donors (Lipinski definition) is 2. The first-order chi connectivity index (χ1) is 11.9. The molecule has 3 heterocycles. The Bertz CT molecular complexity index is 1090. The molecule has 124 valence electrons. The minimum absolute atomic E-state index is 0.0802. The summed E-state index contributed by atoms with van der Waals surface area (Å²) in [6.45, 7) is 1.75. The van der Waals surface area contributed by atoms with Crippen LogP contribution in [0.25, 0.3) is 0 Å². The predicted molar refractivity (Wildman–Crippen MR) is 89.7 cm³/mol. The van der Waals surface area contributed by atoms with E-state index in [1.807, 2.05) is 6.07 Å². The first-order valence-corrected chi connectivity index (χ1v) is 7.63. The third-order valence-corrected chi connectivity index (χ3v) is 4.88. The van der Waals surface area contributed by atoms with Crippen LogP contribution in [0.4, 0.5) is 5.69 Å². The highest BCUT2D eigenvalue weighted by Gasteiger charge is 2.58. The lowest BCUT2D eigenvalue weighted by Crippen LogP contribution is -2.47. The molecule has 0 fully saturated rings. The summed E-state index contributed by atoms with van der Waals surface area (Å²) in [5, 5.41) is 12.5. The number of benzene rings is 1. The molecule has 2 aliphatic rings. The Kier molecular flexibility index (Phi) is 2.85. The second kappa shape index (κ2) is 4.74. The third kappa shape index (κ3) is 1.63. The Morgan fingerprint density at radius 3 is 2.76 bits per heavy atom. The van der Waals surface area contributed by atoms with E-state index < -0.39 is 16.9 Å². The van der Waals surface area contributed by atoms with Crippen molar-refractivity contribution in [3.63, 3.8) is 0 Å². The molecule has 7 heteroatoms. The minimum atomic E-state index is -1.61. The van der Waals surface area contributed by atoms with Gasteiger partial charge in [0.2, 0.25) is 11.8 Å². The first kappa shape index (κ1) is 15.0. The second-order valence-electron chi connectivity index (χ2n) is 6.09. The molecular formula is C18H14N4O3. The number of nitriles is 1. The lowest BCUT2D eigenvalue weighted by atomic mass is 9.69. The van der Waals surface area contributed by atoms with E-state index in [0.717, 1.165) is 0 Å². The van der Waals surface area contributed by atoms with Crippen LogP contribution in [0, 0.1) is 18.3 Å². The number of hydrogen-bond acceptors (Lipinski definition) is 5. The van der Waals surface area contributed by atoms with Crippen molar-refractivity contribution < 1.29 is 9.53 Å². The number of aryl methyl sites for hydroxylation is 1. The van der Waals surface area contributed by atoms with Gasteiger partial charge in [-0.25, -0.2) is 0 Å². The summed E-state index contributed by atoms with van der Waals surface area (Å²) in [6, 6.07) is 10.6. The van der Waals surface area contributed by atoms with Crippen LogP contribution >= 0.6 is 0 Å². The summed E-state index contributed by atoms with van der Waals surface area (Å²) < 4.78 is 6.97. The zero-order valence-electron chi connectivity index (χ0n) is 13.6. The topological polar surface area (TPSA) is 110 Å². The van der Waals surface area contributed by atoms with Gasteiger partial charge < -0.3 is 20.4 Å². The number of para-hydroxylation sites is 1. The monoisotopic (exact) mass is 334 g/mol. The molecule has 7 nitrogen and oxygen atoms in total. The van der Waals surface area contributed by atoms with Crippen molar-refractivity contribution >= 4 is 11.6 Å². The summed E-state index contributed by atoms with van der Waals surface area (Å²) in [5.74, 6) is -0.461. The maximum atomic E-state index is 13.1. The van der Waals surface area contributed by atoms with Crippen LogP contribution in [-0.4, -0.2) is 10.5 Å². The normalized spacial score (nSPS) is 20.6. The van der Waals surface area contributed by atoms with E-state index in [4.69, 9.17) is 10.5 Å². The predicted octanol–water partition coefficient (Wildman–Crippen LogP) is 1.02. The lowest BCUT2D eigenvalue weighted by Gasteiger charge is -2.33. The number of rotatable bonds is 0. The molecule has 0 aliphatic carbocycles. The molecular weight excluding hydrogens is 320 g/mol. The molecule has 4 rings (SSSR count). The van der Waals surface area contributed by atoms with Crippen molar-refractivity contribution in [2.75, 3.05) is 5.32 Å². The van der Waals surface area contributed by atoms with E-state index >= 15 is 0 Å². The number of carbonyl (C=O) groups is 1. The van der Waals surface area contributed by atoms with Gasteiger partial charge in [-0.05, 0) is 13.0 Å². The van der Waals surface area contributed by atoms with Crippen molar-refractivity contribution in [1.82, 2.24) is 4.57 Å². The highest BCUT2D eigenvalue weighted by molar-refractivity contribution is 6.12. The SMILES string of the molecule is Cc1cc2c(c(=O)n1C)[C@]1(C(=O)Nc3ccccc31)C(C#N)=C(N)O2. The van der Waals surface area contributed by atoms with E-state index in [-0.39, 0.29) is 22.8 Å². The summed E-state index contributed by atoms with van der Waals surface area (Å²) in [7, 11) is 1.61. The van der Waals surface area contributed by atoms with Crippen molar-refractivity contribution in [3.8, 4) is 11.8 Å². The van der Waals surface area contributed by atoms with Crippen molar-refractivity contribution in [3.05, 3.63) is 69.0 Å². The lowest BCUT2D eigenvalue weighted by molar-refractivity contribution is -0.118. The molecule has 25 heavy (non-hydrogen) atoms. The van der Waals surface area contributed by atoms with Crippen molar-refractivity contribution in [2.45, 2.75) is 12.3 Å². The molecule has 1 aromatic carbocycles. The number of pyridine rings is 1. The molecule has 1 spiro atoms. The zero-order valence-corrected chi connectivity index (χ0v) is 13.6. The zero-order chi connectivity index (χ0) is 17.9. The quantitative estimate of drug-likeness (QED) is 0.747. The second-order valence-corrected chi connectivity index (χ2v) is 6.09. The van der Waals surface area contributed by atoms with E-state index in [2.05, 4.69) is 5.32 Å². The van der Waals surface area contributed by atoms with Crippen molar-refractivity contribution in [2.24, 2.45) is 12.8 Å². The minimum Gasteiger partial charge on any atom is -0.440 e. The maximum Gasteiger partial charge on any atom is 0.259 e. The number of nitrogens with two attached hydrogens (primary N) is 1. The Morgan fingerprint density at radius 2 is 2.04 bits per heavy atom. The van der Waals surface area contributed by atoms with Crippen LogP contribution in [0.5, 0.6) is 5.75 Å². The van der Waals surface area contributed by atoms with Gasteiger partial charge in [0.15, 0.2) is 5.41 Å². The Hall–Kier alpha value is -3.53. The Labute approximate surface area is 142 Å².